The molecule has 0 atom stereocenters. The Labute approximate surface area is 145 Å². The molecule has 0 saturated carbocycles. The van der Waals surface area contributed by atoms with Crippen LogP contribution in [-0.2, 0) is 6.54 Å². The Hall–Kier alpha value is -2.86. The molecule has 7 heteroatoms. The summed E-state index contributed by atoms with van der Waals surface area (Å²) in [5.74, 6) is 1.14. The highest BCUT2D eigenvalue weighted by Crippen LogP contribution is 2.30. The number of hydrogen-bond donors (Lipinski definition) is 2. The third-order valence-corrected chi connectivity index (χ3v) is 3.80. The molecule has 24 heavy (non-hydrogen) atoms. The van der Waals surface area contributed by atoms with Gasteiger partial charge in [0.2, 0.25) is 0 Å². The molecule has 3 N–H and O–H groups in total. The van der Waals surface area contributed by atoms with Crippen molar-refractivity contribution < 1.29 is 0 Å². The molecule has 0 spiro atoms. The van der Waals surface area contributed by atoms with Gasteiger partial charge in [0, 0.05) is 19.8 Å². The van der Waals surface area contributed by atoms with Gasteiger partial charge < -0.3 is 16.0 Å². The average molecular weight is 341 g/mol. The number of rotatable bonds is 5. The molecule has 0 bridgehead atoms. The zero-order chi connectivity index (χ0) is 16.9. The predicted octanol–water partition coefficient (Wildman–Crippen LogP) is 3.49. The summed E-state index contributed by atoms with van der Waals surface area (Å²) in [6.07, 6.45) is 3.09. The normalized spacial score (nSPS) is 10.4. The molecule has 3 rings (SSSR count). The minimum absolute atomic E-state index is 0.356. The van der Waals surface area contributed by atoms with Crippen LogP contribution in [0.4, 0.5) is 23.0 Å². The van der Waals surface area contributed by atoms with Gasteiger partial charge in [-0.25, -0.2) is 15.0 Å². The lowest BCUT2D eigenvalue weighted by molar-refractivity contribution is 0.894. The Morgan fingerprint density at radius 1 is 1.08 bits per heavy atom. The minimum atomic E-state index is 0.356. The summed E-state index contributed by atoms with van der Waals surface area (Å²) in [5, 5.41) is 3.46. The maximum atomic E-state index is 6.24. The topological polar surface area (TPSA) is 80.0 Å². The Morgan fingerprint density at radius 3 is 2.62 bits per heavy atom. The van der Waals surface area contributed by atoms with E-state index < -0.39 is 0 Å². The van der Waals surface area contributed by atoms with Gasteiger partial charge in [0.1, 0.15) is 12.0 Å². The molecule has 2 aromatic heterocycles. The first kappa shape index (κ1) is 16.0. The van der Waals surface area contributed by atoms with Crippen LogP contribution < -0.4 is 16.0 Å². The number of anilines is 4. The predicted molar refractivity (Wildman–Crippen MR) is 97.5 cm³/mol. The Balaban J connectivity index is 1.84. The van der Waals surface area contributed by atoms with E-state index in [0.29, 0.717) is 34.7 Å². The van der Waals surface area contributed by atoms with Crippen LogP contribution in [0.3, 0.4) is 0 Å². The Morgan fingerprint density at radius 2 is 1.88 bits per heavy atom. The zero-order valence-corrected chi connectivity index (χ0v) is 13.9. The third kappa shape index (κ3) is 3.55. The van der Waals surface area contributed by atoms with Gasteiger partial charge in [-0.15, -0.1) is 0 Å². The first-order valence-corrected chi connectivity index (χ1v) is 7.76. The lowest BCUT2D eigenvalue weighted by Crippen LogP contribution is -2.20. The van der Waals surface area contributed by atoms with Crippen molar-refractivity contribution in [1.29, 1.82) is 0 Å². The second-order valence-corrected chi connectivity index (χ2v) is 5.63. The molecule has 0 aliphatic heterocycles. The third-order valence-electron chi connectivity index (χ3n) is 3.50. The molecule has 0 saturated heterocycles. The fourth-order valence-electron chi connectivity index (χ4n) is 2.33. The highest BCUT2D eigenvalue weighted by Gasteiger charge is 2.13. The molecule has 0 aliphatic carbocycles. The smallest absolute Gasteiger partial charge is 0.159 e. The van der Waals surface area contributed by atoms with E-state index >= 15 is 0 Å². The van der Waals surface area contributed by atoms with E-state index in [2.05, 4.69) is 32.4 Å². The van der Waals surface area contributed by atoms with E-state index in [-0.39, 0.29) is 0 Å². The highest BCUT2D eigenvalue weighted by atomic mass is 35.5. The van der Waals surface area contributed by atoms with Crippen LogP contribution in [-0.4, -0.2) is 22.0 Å². The van der Waals surface area contributed by atoms with Crippen molar-refractivity contribution in [2.45, 2.75) is 6.54 Å². The van der Waals surface area contributed by atoms with Crippen LogP contribution in [0.5, 0.6) is 0 Å². The van der Waals surface area contributed by atoms with Gasteiger partial charge in [0.05, 0.1) is 5.69 Å². The Kier molecular flexibility index (Phi) is 4.77. The summed E-state index contributed by atoms with van der Waals surface area (Å²) in [5.41, 5.74) is 8.51. The molecule has 0 radical (unpaired) electrons. The van der Waals surface area contributed by atoms with Gasteiger partial charge in [-0.3, -0.25) is 0 Å². The van der Waals surface area contributed by atoms with E-state index in [1.165, 1.54) is 11.9 Å². The van der Waals surface area contributed by atoms with Gasteiger partial charge in [0.25, 0.3) is 0 Å². The molecule has 122 valence electrons. The number of halogens is 1. The number of aromatic nitrogens is 3. The van der Waals surface area contributed by atoms with Gasteiger partial charge in [-0.1, -0.05) is 41.9 Å². The molecular formula is C17H17ClN6. The summed E-state index contributed by atoms with van der Waals surface area (Å²) in [4.78, 5) is 14.5. The zero-order valence-electron chi connectivity index (χ0n) is 13.1. The quantitative estimate of drug-likeness (QED) is 0.692. The number of benzene rings is 1. The first-order chi connectivity index (χ1) is 11.6. The van der Waals surface area contributed by atoms with Gasteiger partial charge in [0.15, 0.2) is 16.8 Å². The van der Waals surface area contributed by atoms with Crippen LogP contribution in [0.25, 0.3) is 0 Å². The minimum Gasteiger partial charge on any atom is -0.393 e. The van der Waals surface area contributed by atoms with E-state index in [4.69, 9.17) is 17.3 Å². The van der Waals surface area contributed by atoms with E-state index in [0.717, 1.165) is 0 Å². The summed E-state index contributed by atoms with van der Waals surface area (Å²) < 4.78 is 0. The standard InChI is InChI=1S/C17H17ClN6/c1-24(10-12-6-3-2-4-7-12)17-14(19)16(21-11-22-17)23-13-8-5-9-20-15(13)18/h2-9,11H,10,19H2,1H3,(H,21,22,23). The van der Waals surface area contributed by atoms with Crippen molar-refractivity contribution in [3.63, 3.8) is 0 Å². The number of nitrogens with two attached hydrogens (primary N) is 1. The number of pyridine rings is 1. The number of nitrogens with one attached hydrogen (secondary N) is 1. The lowest BCUT2D eigenvalue weighted by atomic mass is 10.2. The highest BCUT2D eigenvalue weighted by molar-refractivity contribution is 6.32. The van der Waals surface area contributed by atoms with Crippen molar-refractivity contribution in [2.75, 3.05) is 23.0 Å². The average Bonchev–Trinajstić information content (AvgIpc) is 2.59. The molecule has 1 aromatic carbocycles. The summed E-state index contributed by atoms with van der Waals surface area (Å²) in [7, 11) is 1.94. The van der Waals surface area contributed by atoms with Gasteiger partial charge in [-0.2, -0.15) is 0 Å². The first-order valence-electron chi connectivity index (χ1n) is 7.38. The van der Waals surface area contributed by atoms with E-state index in [9.17, 15) is 0 Å². The molecule has 2 heterocycles. The Bertz CT molecular complexity index is 824. The number of nitrogen functional groups attached to an aromatic ring is 1. The fourth-order valence-corrected chi connectivity index (χ4v) is 2.50. The largest absolute Gasteiger partial charge is 0.393 e. The summed E-state index contributed by atoms with van der Waals surface area (Å²) in [6, 6.07) is 13.7. The van der Waals surface area contributed by atoms with Crippen molar-refractivity contribution in [3.8, 4) is 0 Å². The molecule has 0 unspecified atom stereocenters. The van der Waals surface area contributed by atoms with E-state index in [1.54, 1.807) is 12.3 Å². The van der Waals surface area contributed by atoms with Crippen LogP contribution >= 0.6 is 11.6 Å². The monoisotopic (exact) mass is 340 g/mol. The maximum Gasteiger partial charge on any atom is 0.159 e. The lowest BCUT2D eigenvalue weighted by Gasteiger charge is -2.21. The van der Waals surface area contributed by atoms with Crippen LogP contribution in [0.2, 0.25) is 5.15 Å². The van der Waals surface area contributed by atoms with Gasteiger partial charge in [-0.05, 0) is 17.7 Å². The van der Waals surface area contributed by atoms with Crippen molar-refractivity contribution in [2.24, 2.45) is 0 Å². The number of hydrogen-bond acceptors (Lipinski definition) is 6. The van der Waals surface area contributed by atoms with Crippen molar-refractivity contribution in [3.05, 3.63) is 65.7 Å². The van der Waals surface area contributed by atoms with Crippen LogP contribution in [0, 0.1) is 0 Å². The summed E-state index contributed by atoms with van der Waals surface area (Å²) in [6.45, 7) is 0.690. The van der Waals surface area contributed by atoms with Crippen LogP contribution in [0.1, 0.15) is 5.56 Å². The molecule has 0 amide bonds. The van der Waals surface area contributed by atoms with Crippen molar-refractivity contribution in [1.82, 2.24) is 15.0 Å². The number of nitrogens with zero attached hydrogens (tertiary/aromatic N) is 4. The molecular weight excluding hydrogens is 324 g/mol. The van der Waals surface area contributed by atoms with E-state index in [1.807, 2.05) is 36.2 Å². The van der Waals surface area contributed by atoms with Crippen molar-refractivity contribution >= 4 is 34.6 Å². The SMILES string of the molecule is CN(Cc1ccccc1)c1ncnc(Nc2cccnc2Cl)c1N. The molecule has 3 aromatic rings. The maximum absolute atomic E-state index is 6.24. The molecule has 6 nitrogen and oxygen atoms in total. The fraction of sp³-hybridized carbons (Fsp3) is 0.118. The molecule has 0 fully saturated rings. The van der Waals surface area contributed by atoms with Gasteiger partial charge >= 0.3 is 0 Å². The summed E-state index contributed by atoms with van der Waals surface area (Å²) >= 11 is 6.07. The second-order valence-electron chi connectivity index (χ2n) is 5.27. The molecule has 0 aliphatic rings. The van der Waals surface area contributed by atoms with Crippen LogP contribution in [0.15, 0.2) is 55.0 Å². The second kappa shape index (κ2) is 7.14.